The average molecular weight is 369 g/mol. The summed E-state index contributed by atoms with van der Waals surface area (Å²) in [5.41, 5.74) is 3.72. The molecule has 1 heterocycles. The van der Waals surface area contributed by atoms with Crippen LogP contribution in [0.2, 0.25) is 0 Å². The molecule has 6 nitrogen and oxygen atoms in total. The van der Waals surface area contributed by atoms with Crippen LogP contribution in [0.4, 0.5) is 20.6 Å². The first-order valence-corrected chi connectivity index (χ1v) is 8.54. The summed E-state index contributed by atoms with van der Waals surface area (Å²) in [5.74, 6) is -2.71. The molecule has 140 valence electrons. The van der Waals surface area contributed by atoms with Gasteiger partial charge in [-0.1, -0.05) is 17.7 Å². The van der Waals surface area contributed by atoms with Crippen molar-refractivity contribution < 1.29 is 18.8 Å². The number of benzene rings is 2. The van der Waals surface area contributed by atoms with Crippen molar-refractivity contribution in [3.63, 3.8) is 0 Å². The third kappa shape index (κ3) is 3.67. The smallest absolute Gasteiger partial charge is 0.328 e. The fourth-order valence-corrected chi connectivity index (χ4v) is 3.24. The van der Waals surface area contributed by atoms with Gasteiger partial charge in [-0.3, -0.25) is 9.59 Å². The summed E-state index contributed by atoms with van der Waals surface area (Å²) in [6.45, 7) is 5.63. The van der Waals surface area contributed by atoms with E-state index in [0.717, 1.165) is 33.7 Å². The number of aryl methyl sites for hydroxylation is 3. The summed E-state index contributed by atoms with van der Waals surface area (Å²) in [4.78, 5) is 38.5. The number of carbonyl (C=O) groups is 3. The number of imide groups is 1. The SMILES string of the molecule is Cc1cc(C)c(NC(=O)C2CNC(=O)N(c3ccc(F)cc3)C2=O)c(C)c1. The minimum absolute atomic E-state index is 0.0921. The Balaban J connectivity index is 1.84. The van der Waals surface area contributed by atoms with E-state index in [1.54, 1.807) is 0 Å². The molecule has 1 aliphatic rings. The van der Waals surface area contributed by atoms with E-state index in [9.17, 15) is 18.8 Å². The topological polar surface area (TPSA) is 78.5 Å². The van der Waals surface area contributed by atoms with Crippen molar-refractivity contribution in [1.29, 1.82) is 0 Å². The largest absolute Gasteiger partial charge is 0.336 e. The van der Waals surface area contributed by atoms with E-state index in [4.69, 9.17) is 0 Å². The van der Waals surface area contributed by atoms with Gasteiger partial charge in [0.1, 0.15) is 11.7 Å². The number of nitrogens with zero attached hydrogens (tertiary/aromatic N) is 1. The minimum atomic E-state index is -1.08. The molecule has 0 bridgehead atoms. The zero-order valence-corrected chi connectivity index (χ0v) is 15.3. The van der Waals surface area contributed by atoms with E-state index in [0.29, 0.717) is 5.69 Å². The molecule has 0 radical (unpaired) electrons. The standard InChI is InChI=1S/C20H20FN3O3/c1-11-8-12(2)17(13(3)9-11)23-18(25)16-10-22-20(27)24(19(16)26)15-6-4-14(21)5-7-15/h4-9,16H,10H2,1-3H3,(H,22,27)(H,23,25). The lowest BCUT2D eigenvalue weighted by Gasteiger charge is -2.31. The zero-order chi connectivity index (χ0) is 19.7. The lowest BCUT2D eigenvalue weighted by atomic mass is 10.0. The average Bonchev–Trinajstić information content (AvgIpc) is 2.59. The zero-order valence-electron chi connectivity index (χ0n) is 15.3. The Labute approximate surface area is 156 Å². The van der Waals surface area contributed by atoms with Crippen molar-refractivity contribution in [2.24, 2.45) is 5.92 Å². The summed E-state index contributed by atoms with van der Waals surface area (Å²) in [6.07, 6.45) is 0. The Morgan fingerprint density at radius 2 is 1.70 bits per heavy atom. The number of hydrogen-bond acceptors (Lipinski definition) is 3. The van der Waals surface area contributed by atoms with E-state index >= 15 is 0 Å². The molecule has 1 atom stereocenters. The molecule has 1 aliphatic heterocycles. The maximum Gasteiger partial charge on any atom is 0.328 e. The monoisotopic (exact) mass is 369 g/mol. The minimum Gasteiger partial charge on any atom is -0.336 e. The van der Waals surface area contributed by atoms with Gasteiger partial charge in [-0.2, -0.15) is 0 Å². The van der Waals surface area contributed by atoms with Gasteiger partial charge in [-0.15, -0.1) is 0 Å². The molecule has 2 aromatic rings. The lowest BCUT2D eigenvalue weighted by Crippen LogP contribution is -2.58. The van der Waals surface area contributed by atoms with Crippen LogP contribution in [0.5, 0.6) is 0 Å². The highest BCUT2D eigenvalue weighted by atomic mass is 19.1. The van der Waals surface area contributed by atoms with Gasteiger partial charge >= 0.3 is 6.03 Å². The van der Waals surface area contributed by atoms with Crippen LogP contribution in [0.1, 0.15) is 16.7 Å². The second-order valence-corrected chi connectivity index (χ2v) is 6.65. The second kappa shape index (κ2) is 7.19. The molecule has 4 amide bonds. The van der Waals surface area contributed by atoms with Crippen molar-refractivity contribution in [2.75, 3.05) is 16.8 Å². The molecule has 1 saturated heterocycles. The molecule has 3 rings (SSSR count). The normalized spacial score (nSPS) is 16.9. The van der Waals surface area contributed by atoms with E-state index in [-0.39, 0.29) is 12.2 Å². The maximum atomic E-state index is 13.1. The Hall–Kier alpha value is -3.22. The fourth-order valence-electron chi connectivity index (χ4n) is 3.24. The molecule has 0 aliphatic carbocycles. The van der Waals surface area contributed by atoms with Crippen molar-refractivity contribution in [3.8, 4) is 0 Å². The van der Waals surface area contributed by atoms with Crippen LogP contribution in [0.25, 0.3) is 0 Å². The summed E-state index contributed by atoms with van der Waals surface area (Å²) < 4.78 is 13.1. The molecule has 1 fully saturated rings. The van der Waals surface area contributed by atoms with Gasteiger partial charge in [0.2, 0.25) is 11.8 Å². The van der Waals surface area contributed by atoms with Gasteiger partial charge in [-0.25, -0.2) is 14.1 Å². The van der Waals surface area contributed by atoms with Gasteiger partial charge in [0.15, 0.2) is 0 Å². The first-order chi connectivity index (χ1) is 12.8. The number of hydrogen-bond donors (Lipinski definition) is 2. The Morgan fingerprint density at radius 1 is 1.11 bits per heavy atom. The van der Waals surface area contributed by atoms with Crippen LogP contribution in [0, 0.1) is 32.5 Å². The first kappa shape index (κ1) is 18.6. The second-order valence-electron chi connectivity index (χ2n) is 6.65. The van der Waals surface area contributed by atoms with Gasteiger partial charge in [0.05, 0.1) is 5.69 Å². The molecule has 7 heteroatoms. The number of urea groups is 1. The highest BCUT2D eigenvalue weighted by Crippen LogP contribution is 2.25. The molecule has 0 aromatic heterocycles. The summed E-state index contributed by atoms with van der Waals surface area (Å²) in [5, 5.41) is 5.35. The van der Waals surface area contributed by atoms with Crippen LogP contribution in [0.15, 0.2) is 36.4 Å². The Kier molecular flexibility index (Phi) is 4.94. The molecule has 0 saturated carbocycles. The van der Waals surface area contributed by atoms with E-state index in [1.165, 1.54) is 12.1 Å². The highest BCUT2D eigenvalue weighted by Gasteiger charge is 2.39. The van der Waals surface area contributed by atoms with Gasteiger partial charge in [-0.05, 0) is 56.2 Å². The third-order valence-corrected chi connectivity index (χ3v) is 4.51. The van der Waals surface area contributed by atoms with Crippen LogP contribution in [-0.4, -0.2) is 24.4 Å². The van der Waals surface area contributed by atoms with Crippen molar-refractivity contribution >= 4 is 29.2 Å². The summed E-state index contributed by atoms with van der Waals surface area (Å²) >= 11 is 0. The van der Waals surface area contributed by atoms with Crippen LogP contribution in [-0.2, 0) is 9.59 Å². The molecular weight excluding hydrogens is 349 g/mol. The molecular formula is C20H20FN3O3. The van der Waals surface area contributed by atoms with Crippen molar-refractivity contribution in [1.82, 2.24) is 5.32 Å². The van der Waals surface area contributed by atoms with Crippen LogP contribution in [0.3, 0.4) is 0 Å². The van der Waals surface area contributed by atoms with Crippen molar-refractivity contribution in [2.45, 2.75) is 20.8 Å². The van der Waals surface area contributed by atoms with Gasteiger partial charge in [0.25, 0.3) is 0 Å². The molecule has 0 spiro atoms. The Morgan fingerprint density at radius 3 is 2.30 bits per heavy atom. The predicted molar refractivity (Wildman–Crippen MR) is 100 cm³/mol. The number of amides is 4. The summed E-state index contributed by atoms with van der Waals surface area (Å²) in [6, 6.07) is 8.19. The van der Waals surface area contributed by atoms with Gasteiger partial charge in [0, 0.05) is 12.2 Å². The fraction of sp³-hybridized carbons (Fsp3) is 0.250. The quantitative estimate of drug-likeness (QED) is 0.816. The Bertz CT molecular complexity index is 902. The van der Waals surface area contributed by atoms with Crippen LogP contribution >= 0.6 is 0 Å². The van der Waals surface area contributed by atoms with E-state index < -0.39 is 29.6 Å². The maximum absolute atomic E-state index is 13.1. The van der Waals surface area contributed by atoms with Crippen LogP contribution < -0.4 is 15.5 Å². The number of nitrogens with one attached hydrogen (secondary N) is 2. The first-order valence-electron chi connectivity index (χ1n) is 8.54. The third-order valence-electron chi connectivity index (χ3n) is 4.51. The number of rotatable bonds is 3. The van der Waals surface area contributed by atoms with Crippen molar-refractivity contribution in [3.05, 3.63) is 58.9 Å². The van der Waals surface area contributed by atoms with E-state index in [1.807, 2.05) is 32.9 Å². The highest BCUT2D eigenvalue weighted by molar-refractivity contribution is 6.23. The predicted octanol–water partition coefficient (Wildman–Crippen LogP) is 3.06. The van der Waals surface area contributed by atoms with E-state index in [2.05, 4.69) is 10.6 Å². The molecule has 2 aromatic carbocycles. The number of anilines is 2. The molecule has 1 unspecified atom stereocenters. The summed E-state index contributed by atoms with van der Waals surface area (Å²) in [7, 11) is 0. The number of halogens is 1. The lowest BCUT2D eigenvalue weighted by molar-refractivity contribution is -0.130. The molecule has 2 N–H and O–H groups in total. The van der Waals surface area contributed by atoms with Gasteiger partial charge < -0.3 is 10.6 Å². The number of carbonyl (C=O) groups excluding carboxylic acids is 3. The molecule has 27 heavy (non-hydrogen) atoms.